The fourth-order valence-electron chi connectivity index (χ4n) is 2.50. The summed E-state index contributed by atoms with van der Waals surface area (Å²) >= 11 is 6.62. The van der Waals surface area contributed by atoms with Gasteiger partial charge in [-0.2, -0.15) is 0 Å². The van der Waals surface area contributed by atoms with Crippen LogP contribution in [0.3, 0.4) is 0 Å². The standard InChI is InChI=1S/C20H17NO4S2/c1-3-25-19(23)14-6-8-15(9-7-14)21-18(22)17(27-20(21)26)12-13-4-10-16(24-2)11-5-13/h4-12H,3H2,1-2H3/b17-12+. The molecule has 0 bridgehead atoms. The third-order valence-electron chi connectivity index (χ3n) is 3.84. The molecule has 0 unspecified atom stereocenters. The lowest BCUT2D eigenvalue weighted by Gasteiger charge is -2.14. The summed E-state index contributed by atoms with van der Waals surface area (Å²) in [6.45, 7) is 2.06. The van der Waals surface area contributed by atoms with Crippen molar-refractivity contribution in [2.75, 3.05) is 18.6 Å². The third kappa shape index (κ3) is 4.20. The lowest BCUT2D eigenvalue weighted by Crippen LogP contribution is -2.27. The average molecular weight is 399 g/mol. The van der Waals surface area contributed by atoms with Crippen molar-refractivity contribution in [1.82, 2.24) is 0 Å². The van der Waals surface area contributed by atoms with E-state index >= 15 is 0 Å². The van der Waals surface area contributed by atoms with Gasteiger partial charge in [0.05, 0.1) is 29.9 Å². The number of carbonyl (C=O) groups excluding carboxylic acids is 2. The molecule has 2 aromatic rings. The molecule has 0 atom stereocenters. The highest BCUT2D eigenvalue weighted by molar-refractivity contribution is 8.27. The van der Waals surface area contributed by atoms with Crippen molar-refractivity contribution in [1.29, 1.82) is 0 Å². The van der Waals surface area contributed by atoms with E-state index in [0.717, 1.165) is 11.3 Å². The number of benzene rings is 2. The van der Waals surface area contributed by atoms with Gasteiger partial charge in [0, 0.05) is 0 Å². The molecule has 1 fully saturated rings. The summed E-state index contributed by atoms with van der Waals surface area (Å²) < 4.78 is 10.6. The maximum absolute atomic E-state index is 12.8. The van der Waals surface area contributed by atoms with E-state index in [1.807, 2.05) is 24.3 Å². The molecule has 3 rings (SSSR count). The van der Waals surface area contributed by atoms with Gasteiger partial charge in [-0.3, -0.25) is 9.69 Å². The summed E-state index contributed by atoms with van der Waals surface area (Å²) in [5.74, 6) is 0.167. The minimum Gasteiger partial charge on any atom is -0.497 e. The van der Waals surface area contributed by atoms with Crippen LogP contribution >= 0.6 is 24.0 Å². The molecule has 0 N–H and O–H groups in total. The van der Waals surface area contributed by atoms with E-state index in [4.69, 9.17) is 21.7 Å². The van der Waals surface area contributed by atoms with E-state index in [1.54, 1.807) is 44.4 Å². The van der Waals surface area contributed by atoms with Crippen molar-refractivity contribution in [3.05, 3.63) is 64.6 Å². The number of ether oxygens (including phenoxy) is 2. The molecular weight excluding hydrogens is 382 g/mol. The van der Waals surface area contributed by atoms with Crippen molar-refractivity contribution in [3.63, 3.8) is 0 Å². The van der Waals surface area contributed by atoms with Crippen LogP contribution in [0.5, 0.6) is 5.75 Å². The van der Waals surface area contributed by atoms with Crippen LogP contribution in [0, 0.1) is 0 Å². The third-order valence-corrected chi connectivity index (χ3v) is 5.15. The van der Waals surface area contributed by atoms with Crippen molar-refractivity contribution < 1.29 is 19.1 Å². The molecule has 2 aromatic carbocycles. The fraction of sp³-hybridized carbons (Fsp3) is 0.150. The second kappa shape index (κ2) is 8.37. The maximum atomic E-state index is 12.8. The van der Waals surface area contributed by atoms with Crippen molar-refractivity contribution in [3.8, 4) is 5.75 Å². The summed E-state index contributed by atoms with van der Waals surface area (Å²) in [6, 6.07) is 14.0. The van der Waals surface area contributed by atoms with E-state index in [9.17, 15) is 9.59 Å². The van der Waals surface area contributed by atoms with E-state index in [-0.39, 0.29) is 5.91 Å². The Balaban J connectivity index is 1.81. The van der Waals surface area contributed by atoms with Gasteiger partial charge in [0.25, 0.3) is 5.91 Å². The number of rotatable bonds is 5. The minimum atomic E-state index is -0.395. The van der Waals surface area contributed by atoms with Crippen molar-refractivity contribution in [2.45, 2.75) is 6.92 Å². The molecule has 1 aliphatic heterocycles. The first-order chi connectivity index (χ1) is 13.0. The van der Waals surface area contributed by atoms with Crippen molar-refractivity contribution >= 4 is 51.9 Å². The van der Waals surface area contributed by atoms with E-state index < -0.39 is 5.97 Å². The Morgan fingerprint density at radius 2 is 1.81 bits per heavy atom. The Labute approximate surface area is 167 Å². The molecule has 1 aliphatic rings. The summed E-state index contributed by atoms with van der Waals surface area (Å²) in [5.41, 5.74) is 1.93. The van der Waals surface area contributed by atoms with Crippen LogP contribution < -0.4 is 9.64 Å². The lowest BCUT2D eigenvalue weighted by atomic mass is 10.2. The van der Waals surface area contributed by atoms with Crippen LogP contribution in [0.2, 0.25) is 0 Å². The zero-order valence-corrected chi connectivity index (χ0v) is 16.4. The zero-order chi connectivity index (χ0) is 19.4. The molecule has 138 valence electrons. The van der Waals surface area contributed by atoms with Gasteiger partial charge < -0.3 is 9.47 Å². The predicted molar refractivity (Wildman–Crippen MR) is 111 cm³/mol. The van der Waals surface area contributed by atoms with Gasteiger partial charge in [0.15, 0.2) is 4.32 Å². The topological polar surface area (TPSA) is 55.8 Å². The van der Waals surface area contributed by atoms with Crippen LogP contribution in [0.15, 0.2) is 53.4 Å². The number of carbonyl (C=O) groups is 2. The highest BCUT2D eigenvalue weighted by atomic mass is 32.2. The Morgan fingerprint density at radius 1 is 1.15 bits per heavy atom. The average Bonchev–Trinajstić information content (AvgIpc) is 2.96. The molecular formula is C20H17NO4S2. The van der Waals surface area contributed by atoms with E-state index in [2.05, 4.69) is 0 Å². The van der Waals surface area contributed by atoms with E-state index in [1.165, 1.54) is 16.7 Å². The van der Waals surface area contributed by atoms with Crippen LogP contribution in [0.25, 0.3) is 6.08 Å². The van der Waals surface area contributed by atoms with Gasteiger partial charge in [-0.15, -0.1) is 0 Å². The van der Waals surface area contributed by atoms with Gasteiger partial charge >= 0.3 is 5.97 Å². The Kier molecular flexibility index (Phi) is 5.93. The molecule has 1 amide bonds. The van der Waals surface area contributed by atoms with Crippen LogP contribution in [0.4, 0.5) is 5.69 Å². The van der Waals surface area contributed by atoms with Crippen LogP contribution in [-0.4, -0.2) is 29.9 Å². The summed E-state index contributed by atoms with van der Waals surface area (Å²) in [4.78, 5) is 26.6. The molecule has 0 aromatic heterocycles. The van der Waals surface area contributed by atoms with Gasteiger partial charge in [-0.25, -0.2) is 4.79 Å². The number of methoxy groups -OCH3 is 1. The monoisotopic (exact) mass is 399 g/mol. The zero-order valence-electron chi connectivity index (χ0n) is 14.8. The van der Waals surface area contributed by atoms with Gasteiger partial charge in [-0.1, -0.05) is 36.1 Å². The number of hydrogen-bond acceptors (Lipinski definition) is 6. The number of esters is 1. The summed E-state index contributed by atoms with van der Waals surface area (Å²) in [7, 11) is 1.60. The number of thiocarbonyl (C=S) groups is 1. The lowest BCUT2D eigenvalue weighted by molar-refractivity contribution is -0.113. The normalized spacial score (nSPS) is 15.3. The quantitative estimate of drug-likeness (QED) is 0.425. The molecule has 1 heterocycles. The molecule has 0 radical (unpaired) electrons. The molecule has 27 heavy (non-hydrogen) atoms. The van der Waals surface area contributed by atoms with Crippen LogP contribution in [-0.2, 0) is 9.53 Å². The fourth-order valence-corrected chi connectivity index (χ4v) is 3.80. The molecule has 0 saturated carbocycles. The highest BCUT2D eigenvalue weighted by Crippen LogP contribution is 2.36. The smallest absolute Gasteiger partial charge is 0.338 e. The molecule has 7 heteroatoms. The predicted octanol–water partition coefficient (Wildman–Crippen LogP) is 4.28. The second-order valence-corrected chi connectivity index (χ2v) is 7.23. The number of nitrogens with zero attached hydrogens (tertiary/aromatic N) is 1. The summed E-state index contributed by atoms with van der Waals surface area (Å²) in [5, 5.41) is 0. The Hall–Kier alpha value is -2.64. The first kappa shape index (κ1) is 19.1. The minimum absolute atomic E-state index is 0.190. The van der Waals surface area contributed by atoms with E-state index in [0.29, 0.717) is 27.1 Å². The van der Waals surface area contributed by atoms with Gasteiger partial charge in [0.1, 0.15) is 5.75 Å². The summed E-state index contributed by atoms with van der Waals surface area (Å²) in [6.07, 6.45) is 1.80. The number of amides is 1. The Bertz CT molecular complexity index is 905. The second-order valence-electron chi connectivity index (χ2n) is 5.56. The Morgan fingerprint density at radius 3 is 2.41 bits per heavy atom. The first-order valence-electron chi connectivity index (χ1n) is 8.22. The molecule has 1 saturated heterocycles. The van der Waals surface area contributed by atoms with Gasteiger partial charge in [0.2, 0.25) is 0 Å². The molecule has 5 nitrogen and oxygen atoms in total. The maximum Gasteiger partial charge on any atom is 0.338 e. The number of anilines is 1. The SMILES string of the molecule is CCOC(=O)c1ccc(N2C(=O)/C(=C\c3ccc(OC)cc3)SC2=S)cc1. The largest absolute Gasteiger partial charge is 0.497 e. The first-order valence-corrected chi connectivity index (χ1v) is 9.45. The number of thioether (sulfide) groups is 1. The van der Waals surface area contributed by atoms with Crippen molar-refractivity contribution in [2.24, 2.45) is 0 Å². The van der Waals surface area contributed by atoms with Crippen LogP contribution in [0.1, 0.15) is 22.8 Å². The van der Waals surface area contributed by atoms with Gasteiger partial charge in [-0.05, 0) is 55.0 Å². The molecule has 0 spiro atoms. The number of hydrogen-bond donors (Lipinski definition) is 0. The highest BCUT2D eigenvalue weighted by Gasteiger charge is 2.33. The molecule has 0 aliphatic carbocycles.